The number of aryl methyl sites for hydroxylation is 1. The summed E-state index contributed by atoms with van der Waals surface area (Å²) in [4.78, 5) is 0.396. The Morgan fingerprint density at radius 2 is 1.82 bits per heavy atom. The van der Waals surface area contributed by atoms with E-state index in [0.717, 1.165) is 11.3 Å². The van der Waals surface area contributed by atoms with Gasteiger partial charge in [-0.15, -0.1) is 9.93 Å². The van der Waals surface area contributed by atoms with Crippen LogP contribution in [0, 0.1) is 6.92 Å². The first kappa shape index (κ1) is 12.3. The number of thiol groups is 1. The molecular weight excluding hydrogens is 254 g/mol. The predicted octanol–water partition coefficient (Wildman–Crippen LogP) is 2.27. The summed E-state index contributed by atoms with van der Waals surface area (Å²) in [7, 11) is -2.70. The predicted molar refractivity (Wildman–Crippen MR) is 73.6 cm³/mol. The van der Waals surface area contributed by atoms with Gasteiger partial charge in [-0.2, -0.15) is 0 Å². The summed E-state index contributed by atoms with van der Waals surface area (Å²) in [5, 5.41) is 6.50. The Balaban J connectivity index is 2.35. The number of hydrogen-bond donors (Lipinski definition) is 2. The van der Waals surface area contributed by atoms with Gasteiger partial charge in [0.1, 0.15) is 0 Å². The zero-order valence-corrected chi connectivity index (χ0v) is 11.4. The second kappa shape index (κ2) is 4.58. The van der Waals surface area contributed by atoms with Crippen LogP contribution in [0.4, 0.5) is 0 Å². The van der Waals surface area contributed by atoms with Gasteiger partial charge in [0.15, 0.2) is 0 Å². The molecule has 0 radical (unpaired) electrons. The average molecular weight is 269 g/mol. The molecule has 2 rings (SSSR count). The Morgan fingerprint density at radius 3 is 2.35 bits per heavy atom. The molecule has 92 valence electrons. The third-order valence-electron chi connectivity index (χ3n) is 2.55. The summed E-state index contributed by atoms with van der Waals surface area (Å²) >= 11 is 0. The number of nitrogens with one attached hydrogen (secondary N) is 1. The molecule has 0 aliphatic carbocycles. The third kappa shape index (κ3) is 2.40. The molecule has 1 aliphatic heterocycles. The minimum atomic E-state index is -3.24. The molecule has 0 saturated heterocycles. The van der Waals surface area contributed by atoms with Gasteiger partial charge in [0.2, 0.25) is 8.87 Å². The van der Waals surface area contributed by atoms with Crippen molar-refractivity contribution in [3.05, 3.63) is 52.4 Å². The highest BCUT2D eigenvalue weighted by atomic mass is 33.2. The second-order valence-corrected chi connectivity index (χ2v) is 9.20. The lowest BCUT2D eigenvalue weighted by atomic mass is 10.2. The van der Waals surface area contributed by atoms with Crippen LogP contribution >= 0.6 is 9.93 Å². The summed E-state index contributed by atoms with van der Waals surface area (Å²) in [5.41, 5.74) is 1.93. The van der Waals surface area contributed by atoms with Crippen LogP contribution in [0.5, 0.6) is 0 Å². The fraction of sp³-hybridized carbons (Fsp3) is 0.167. The van der Waals surface area contributed by atoms with E-state index >= 15 is 0 Å². The van der Waals surface area contributed by atoms with Gasteiger partial charge in [0.25, 0.3) is 0 Å². The second-order valence-electron chi connectivity index (χ2n) is 3.80. The van der Waals surface area contributed by atoms with Crippen molar-refractivity contribution in [3.63, 3.8) is 0 Å². The topological polar surface area (TPSA) is 46.2 Å². The Kier molecular flexibility index (Phi) is 3.31. The molecule has 1 aliphatic rings. The molecule has 0 aromatic heterocycles. The van der Waals surface area contributed by atoms with Crippen molar-refractivity contribution >= 4 is 18.8 Å². The van der Waals surface area contributed by atoms with E-state index in [2.05, 4.69) is 5.32 Å². The number of likely N-dealkylation sites (N-methyl/N-ethyl adjacent to an activating group) is 1. The summed E-state index contributed by atoms with van der Waals surface area (Å²) in [5.74, 6) is 0. The molecule has 0 spiro atoms. The molecule has 1 atom stereocenters. The first-order chi connectivity index (χ1) is 8.04. The molecule has 0 fully saturated rings. The van der Waals surface area contributed by atoms with Crippen molar-refractivity contribution in [3.8, 4) is 0 Å². The smallest absolute Gasteiger partial charge is 0.217 e. The normalized spacial score (nSPS) is 21.3. The zero-order chi connectivity index (χ0) is 12.5. The van der Waals surface area contributed by atoms with Gasteiger partial charge < -0.3 is 5.32 Å². The van der Waals surface area contributed by atoms with Gasteiger partial charge >= 0.3 is 0 Å². The molecule has 0 saturated carbocycles. The molecule has 1 aromatic carbocycles. The molecule has 1 N–H and O–H groups in total. The largest absolute Gasteiger partial charge is 0.388 e. The van der Waals surface area contributed by atoms with Gasteiger partial charge in [0.05, 0.1) is 4.90 Å². The summed E-state index contributed by atoms with van der Waals surface area (Å²) in [6.45, 7) is 1.94. The van der Waals surface area contributed by atoms with Gasteiger partial charge in [-0.1, -0.05) is 17.7 Å². The van der Waals surface area contributed by atoms with E-state index in [-0.39, 0.29) is 0 Å². The van der Waals surface area contributed by atoms with Gasteiger partial charge in [0, 0.05) is 12.7 Å². The average Bonchev–Trinajstić information content (AvgIpc) is 2.78. The molecular formula is C12H15NO2S2. The van der Waals surface area contributed by atoms with Gasteiger partial charge in [-0.05, 0) is 35.9 Å². The van der Waals surface area contributed by atoms with Crippen LogP contribution in [-0.2, 0) is 8.87 Å². The molecule has 0 bridgehead atoms. The zero-order valence-electron chi connectivity index (χ0n) is 9.71. The van der Waals surface area contributed by atoms with Crippen molar-refractivity contribution in [1.82, 2.24) is 5.32 Å². The van der Waals surface area contributed by atoms with Crippen molar-refractivity contribution in [2.24, 2.45) is 0 Å². The number of benzene rings is 1. The quantitative estimate of drug-likeness (QED) is 0.653. The standard InChI is InChI=1S/C12H15NO2S2/c1-10-3-5-12(6-4-10)17(14,15)16-8-7-11(9-16)13-2/h3-9,13,16H,1-2H3. The maximum Gasteiger partial charge on any atom is 0.217 e. The Bertz CT molecular complexity index is 571. The number of allylic oxidation sites excluding steroid dienone is 1. The minimum Gasteiger partial charge on any atom is -0.388 e. The van der Waals surface area contributed by atoms with Crippen molar-refractivity contribution in [2.75, 3.05) is 7.05 Å². The highest BCUT2D eigenvalue weighted by molar-refractivity contribution is 8.83. The molecule has 1 unspecified atom stereocenters. The number of hydrogen-bond acceptors (Lipinski definition) is 3. The molecule has 3 nitrogen and oxygen atoms in total. The minimum absolute atomic E-state index is 0.396. The highest BCUT2D eigenvalue weighted by Crippen LogP contribution is 2.45. The van der Waals surface area contributed by atoms with E-state index in [0.29, 0.717) is 4.90 Å². The monoisotopic (exact) mass is 269 g/mol. The maximum absolute atomic E-state index is 12.3. The van der Waals surface area contributed by atoms with Crippen LogP contribution < -0.4 is 5.32 Å². The van der Waals surface area contributed by atoms with Gasteiger partial charge in [-0.3, -0.25) is 0 Å². The lowest BCUT2D eigenvalue weighted by molar-refractivity contribution is 0.610. The lowest BCUT2D eigenvalue weighted by Crippen LogP contribution is -2.01. The summed E-state index contributed by atoms with van der Waals surface area (Å²) in [6.07, 6.45) is 1.82. The SMILES string of the molecule is CNC1=C[SH](S(=O)(=O)c2ccc(C)cc2)C=C1. The molecule has 1 heterocycles. The lowest BCUT2D eigenvalue weighted by Gasteiger charge is -2.11. The number of rotatable bonds is 3. The Hall–Kier alpha value is -1.20. The molecule has 1 aromatic rings. The van der Waals surface area contributed by atoms with E-state index in [9.17, 15) is 8.42 Å². The molecule has 0 amide bonds. The van der Waals surface area contributed by atoms with Crippen LogP contribution in [-0.4, -0.2) is 15.5 Å². The van der Waals surface area contributed by atoms with E-state index in [1.807, 2.05) is 25.1 Å². The van der Waals surface area contributed by atoms with Crippen molar-refractivity contribution in [1.29, 1.82) is 0 Å². The molecule has 5 heteroatoms. The van der Waals surface area contributed by atoms with Crippen LogP contribution in [0.25, 0.3) is 0 Å². The van der Waals surface area contributed by atoms with E-state index < -0.39 is 18.8 Å². The van der Waals surface area contributed by atoms with E-state index in [1.54, 1.807) is 30.0 Å². The third-order valence-corrected chi connectivity index (χ3v) is 7.93. The first-order valence-electron chi connectivity index (χ1n) is 5.22. The fourth-order valence-corrected chi connectivity index (χ4v) is 5.93. The van der Waals surface area contributed by atoms with Crippen LogP contribution in [0.15, 0.2) is 51.8 Å². The summed E-state index contributed by atoms with van der Waals surface area (Å²) in [6, 6.07) is 6.99. The maximum atomic E-state index is 12.3. The van der Waals surface area contributed by atoms with Crippen molar-refractivity contribution in [2.45, 2.75) is 11.8 Å². The fourth-order valence-electron chi connectivity index (χ4n) is 1.51. The molecule has 17 heavy (non-hydrogen) atoms. The highest BCUT2D eigenvalue weighted by Gasteiger charge is 2.22. The first-order valence-corrected chi connectivity index (χ1v) is 8.79. The van der Waals surface area contributed by atoms with Crippen LogP contribution in [0.2, 0.25) is 0 Å². The van der Waals surface area contributed by atoms with Crippen molar-refractivity contribution < 1.29 is 8.42 Å². The van der Waals surface area contributed by atoms with Gasteiger partial charge in [-0.25, -0.2) is 8.42 Å². The Labute approximate surface area is 104 Å². The Morgan fingerprint density at radius 1 is 1.18 bits per heavy atom. The van der Waals surface area contributed by atoms with Crippen LogP contribution in [0.1, 0.15) is 5.56 Å². The summed E-state index contributed by atoms with van der Waals surface area (Å²) < 4.78 is 24.6. The van der Waals surface area contributed by atoms with Crippen LogP contribution in [0.3, 0.4) is 0 Å². The van der Waals surface area contributed by atoms with E-state index in [4.69, 9.17) is 0 Å². The van der Waals surface area contributed by atoms with E-state index in [1.165, 1.54) is 0 Å².